The maximum Gasteiger partial charge on any atom is 0.291 e. The van der Waals surface area contributed by atoms with Crippen LogP contribution in [0.5, 0.6) is 5.75 Å². The molecule has 3 aromatic rings. The van der Waals surface area contributed by atoms with Gasteiger partial charge in [0.1, 0.15) is 23.9 Å². The highest BCUT2D eigenvalue weighted by molar-refractivity contribution is 9.10. The summed E-state index contributed by atoms with van der Waals surface area (Å²) in [5, 5.41) is 2.50. The Morgan fingerprint density at radius 2 is 1.96 bits per heavy atom. The van der Waals surface area contributed by atoms with Crippen molar-refractivity contribution in [3.8, 4) is 5.75 Å². The first kappa shape index (κ1) is 17.8. The minimum atomic E-state index is -0.524. The quantitative estimate of drug-likeness (QED) is 0.582. The second kappa shape index (κ2) is 7.56. The Bertz CT molecular complexity index is 999. The van der Waals surface area contributed by atoms with E-state index in [1.54, 1.807) is 18.2 Å². The summed E-state index contributed by atoms with van der Waals surface area (Å²) in [5.74, 6) is 0.376. The summed E-state index contributed by atoms with van der Waals surface area (Å²) in [6.45, 7) is 0.221. The van der Waals surface area contributed by atoms with Crippen LogP contribution in [-0.4, -0.2) is 5.91 Å². The van der Waals surface area contributed by atoms with Gasteiger partial charge in [0.05, 0.1) is 5.69 Å². The van der Waals surface area contributed by atoms with Gasteiger partial charge in [0, 0.05) is 4.47 Å². The van der Waals surface area contributed by atoms with E-state index in [0.29, 0.717) is 10.2 Å². The van der Waals surface area contributed by atoms with E-state index in [1.165, 1.54) is 29.7 Å². The lowest BCUT2D eigenvalue weighted by Crippen LogP contribution is -2.12. The van der Waals surface area contributed by atoms with Gasteiger partial charge in [0.15, 0.2) is 5.76 Å². The van der Waals surface area contributed by atoms with Gasteiger partial charge >= 0.3 is 0 Å². The molecule has 6 heteroatoms. The molecular formula is C21H17BrFNO3. The van der Waals surface area contributed by atoms with Crippen LogP contribution in [0.3, 0.4) is 0 Å². The molecule has 4 rings (SSSR count). The van der Waals surface area contributed by atoms with E-state index in [9.17, 15) is 9.18 Å². The van der Waals surface area contributed by atoms with E-state index in [0.717, 1.165) is 18.6 Å². The zero-order chi connectivity index (χ0) is 18.8. The van der Waals surface area contributed by atoms with E-state index in [1.807, 2.05) is 6.07 Å². The molecule has 27 heavy (non-hydrogen) atoms. The number of carbonyl (C=O) groups excluding carboxylic acids is 1. The molecule has 1 aliphatic carbocycles. The predicted molar refractivity (Wildman–Crippen MR) is 104 cm³/mol. The van der Waals surface area contributed by atoms with E-state index < -0.39 is 11.7 Å². The number of anilines is 1. The van der Waals surface area contributed by atoms with Crippen molar-refractivity contribution in [1.29, 1.82) is 0 Å². The molecule has 1 aromatic heterocycles. The number of benzene rings is 2. The Morgan fingerprint density at radius 1 is 1.11 bits per heavy atom. The summed E-state index contributed by atoms with van der Waals surface area (Å²) >= 11 is 3.18. The highest BCUT2D eigenvalue weighted by atomic mass is 79.9. The van der Waals surface area contributed by atoms with Gasteiger partial charge in [-0.25, -0.2) is 4.39 Å². The first-order chi connectivity index (χ1) is 13.1. The van der Waals surface area contributed by atoms with Crippen LogP contribution in [0.25, 0.3) is 0 Å². The van der Waals surface area contributed by atoms with Crippen LogP contribution in [0.2, 0.25) is 0 Å². The smallest absolute Gasteiger partial charge is 0.291 e. The van der Waals surface area contributed by atoms with E-state index in [2.05, 4.69) is 33.4 Å². The van der Waals surface area contributed by atoms with Crippen molar-refractivity contribution in [2.75, 3.05) is 5.32 Å². The predicted octanol–water partition coefficient (Wildman–Crippen LogP) is 5.50. The number of hydrogen-bond acceptors (Lipinski definition) is 3. The van der Waals surface area contributed by atoms with Gasteiger partial charge in [-0.1, -0.05) is 22.0 Å². The van der Waals surface area contributed by atoms with Gasteiger partial charge in [-0.2, -0.15) is 0 Å². The molecule has 138 valence electrons. The number of aryl methyl sites for hydroxylation is 2. The monoisotopic (exact) mass is 429 g/mol. The van der Waals surface area contributed by atoms with Crippen LogP contribution in [0.15, 0.2) is 57.4 Å². The number of rotatable bonds is 5. The zero-order valence-corrected chi connectivity index (χ0v) is 16.0. The fourth-order valence-electron chi connectivity index (χ4n) is 3.14. The van der Waals surface area contributed by atoms with E-state index >= 15 is 0 Å². The fourth-order valence-corrected chi connectivity index (χ4v) is 3.48. The molecule has 0 spiro atoms. The van der Waals surface area contributed by atoms with Crippen molar-refractivity contribution >= 4 is 27.5 Å². The third kappa shape index (κ3) is 4.06. The number of halogens is 2. The molecule has 1 heterocycles. The molecule has 0 bridgehead atoms. The number of hydrogen-bond donors (Lipinski definition) is 1. The van der Waals surface area contributed by atoms with Crippen molar-refractivity contribution in [3.05, 3.63) is 81.5 Å². The Hall–Kier alpha value is -2.60. The van der Waals surface area contributed by atoms with Crippen molar-refractivity contribution in [3.63, 3.8) is 0 Å². The van der Waals surface area contributed by atoms with Crippen LogP contribution in [0, 0.1) is 5.82 Å². The lowest BCUT2D eigenvalue weighted by atomic mass is 10.1. The van der Waals surface area contributed by atoms with Crippen molar-refractivity contribution in [2.24, 2.45) is 0 Å². The van der Waals surface area contributed by atoms with Gasteiger partial charge in [0.25, 0.3) is 5.91 Å². The topological polar surface area (TPSA) is 51.5 Å². The Balaban J connectivity index is 1.38. The molecule has 1 amide bonds. The second-order valence-electron chi connectivity index (χ2n) is 6.42. The highest BCUT2D eigenvalue weighted by Crippen LogP contribution is 2.26. The third-order valence-corrected chi connectivity index (χ3v) is 5.01. The minimum absolute atomic E-state index is 0.0931. The largest absolute Gasteiger partial charge is 0.486 e. The Labute approximate surface area is 164 Å². The number of ether oxygens (including phenoxy) is 1. The SMILES string of the molecule is O=C(Nc1ccc(Br)cc1F)c1ccc(COc2ccc3c(c2)CCC3)o1. The number of amides is 1. The first-order valence-electron chi connectivity index (χ1n) is 8.68. The van der Waals surface area contributed by atoms with E-state index in [4.69, 9.17) is 9.15 Å². The number of carbonyl (C=O) groups is 1. The molecule has 0 aliphatic heterocycles. The molecule has 1 aliphatic rings. The number of nitrogens with one attached hydrogen (secondary N) is 1. The van der Waals surface area contributed by atoms with Crippen LogP contribution in [0.4, 0.5) is 10.1 Å². The molecule has 0 radical (unpaired) electrons. The zero-order valence-electron chi connectivity index (χ0n) is 14.4. The van der Waals surface area contributed by atoms with E-state index in [-0.39, 0.29) is 18.1 Å². The molecule has 0 saturated heterocycles. The Kier molecular flexibility index (Phi) is 4.99. The molecule has 0 saturated carbocycles. The average molecular weight is 430 g/mol. The molecule has 0 fully saturated rings. The van der Waals surface area contributed by atoms with Crippen molar-refractivity contribution < 1.29 is 18.3 Å². The molecule has 1 N–H and O–H groups in total. The van der Waals surface area contributed by atoms with Crippen LogP contribution in [0.1, 0.15) is 33.9 Å². The summed E-state index contributed by atoms with van der Waals surface area (Å²) in [5.41, 5.74) is 2.82. The lowest BCUT2D eigenvalue weighted by molar-refractivity contribution is 0.0992. The third-order valence-electron chi connectivity index (χ3n) is 4.52. The van der Waals surface area contributed by atoms with Gasteiger partial charge < -0.3 is 14.5 Å². The molecule has 2 aromatic carbocycles. The summed E-state index contributed by atoms with van der Waals surface area (Å²) < 4.78 is 25.7. The minimum Gasteiger partial charge on any atom is -0.486 e. The van der Waals surface area contributed by atoms with Crippen molar-refractivity contribution in [1.82, 2.24) is 0 Å². The maximum atomic E-state index is 13.8. The lowest BCUT2D eigenvalue weighted by Gasteiger charge is -2.07. The fraction of sp³-hybridized carbons (Fsp3) is 0.190. The molecule has 4 nitrogen and oxygen atoms in total. The molecular weight excluding hydrogens is 413 g/mol. The molecule has 0 unspecified atom stereocenters. The summed E-state index contributed by atoms with van der Waals surface area (Å²) in [7, 11) is 0. The first-order valence-corrected chi connectivity index (χ1v) is 9.47. The number of fused-ring (bicyclic) bond motifs is 1. The van der Waals surface area contributed by atoms with Gasteiger partial charge in [-0.15, -0.1) is 0 Å². The van der Waals surface area contributed by atoms with Crippen molar-refractivity contribution in [2.45, 2.75) is 25.9 Å². The van der Waals surface area contributed by atoms with Gasteiger partial charge in [-0.05, 0) is 72.9 Å². The maximum absolute atomic E-state index is 13.8. The van der Waals surface area contributed by atoms with Crippen LogP contribution >= 0.6 is 15.9 Å². The van der Waals surface area contributed by atoms with Gasteiger partial charge in [-0.3, -0.25) is 4.79 Å². The summed E-state index contributed by atoms with van der Waals surface area (Å²) in [6.07, 6.45) is 3.41. The standard InChI is InChI=1S/C21H17BrFNO3/c22-15-5-8-19(18(23)11-15)24-21(25)20-9-7-17(27-20)12-26-16-6-4-13-2-1-3-14(13)10-16/h4-11H,1-3,12H2,(H,24,25). The second-order valence-corrected chi connectivity index (χ2v) is 7.33. The average Bonchev–Trinajstić information content (AvgIpc) is 3.31. The molecule has 0 atom stereocenters. The summed E-state index contributed by atoms with van der Waals surface area (Å²) in [6, 6.07) is 13.8. The number of furan rings is 1. The summed E-state index contributed by atoms with van der Waals surface area (Å²) in [4.78, 5) is 12.2. The van der Waals surface area contributed by atoms with Crippen LogP contribution in [-0.2, 0) is 19.4 Å². The normalized spacial score (nSPS) is 12.7. The van der Waals surface area contributed by atoms with Gasteiger partial charge in [0.2, 0.25) is 0 Å². The van der Waals surface area contributed by atoms with Crippen LogP contribution < -0.4 is 10.1 Å². The Morgan fingerprint density at radius 3 is 2.81 bits per heavy atom. The highest BCUT2D eigenvalue weighted by Gasteiger charge is 2.15.